The molecule has 0 fully saturated rings. The maximum absolute atomic E-state index is 11.8. The molecule has 1 aliphatic heterocycles. The van der Waals surface area contributed by atoms with E-state index in [4.69, 9.17) is 4.74 Å². The summed E-state index contributed by atoms with van der Waals surface area (Å²) in [6, 6.07) is 0. The molecular weight excluding hydrogens is 208 g/mol. The molecule has 2 rings (SSSR count). The Bertz CT molecular complexity index is 405. The molecule has 0 radical (unpaired) electrons. The number of hydrogen-bond acceptors (Lipinski definition) is 4. The average Bonchev–Trinajstić information content (AvgIpc) is 2.54. The minimum Gasteiger partial charge on any atom is -0.418 e. The van der Waals surface area contributed by atoms with Crippen molar-refractivity contribution in [2.75, 3.05) is 0 Å². The van der Waals surface area contributed by atoms with Gasteiger partial charge in [-0.05, 0) is 19.3 Å². The minimum atomic E-state index is -1.99. The summed E-state index contributed by atoms with van der Waals surface area (Å²) in [5.41, 5.74) is 0.775. The SMILES string of the molecule is CCCC(=O)[C@@]1(O)OC(=O)C2=C1CCC=C2. The van der Waals surface area contributed by atoms with E-state index in [9.17, 15) is 14.7 Å². The summed E-state index contributed by atoms with van der Waals surface area (Å²) in [7, 11) is 0. The molecule has 0 saturated carbocycles. The summed E-state index contributed by atoms with van der Waals surface area (Å²) in [4.78, 5) is 23.3. The van der Waals surface area contributed by atoms with Crippen molar-refractivity contribution in [2.45, 2.75) is 38.4 Å². The first-order chi connectivity index (χ1) is 7.59. The number of ketones is 1. The normalized spacial score (nSPS) is 28.0. The Morgan fingerprint density at radius 1 is 1.62 bits per heavy atom. The molecular formula is C12H14O4. The van der Waals surface area contributed by atoms with E-state index in [0.717, 1.165) is 6.42 Å². The Labute approximate surface area is 93.6 Å². The third kappa shape index (κ3) is 1.50. The van der Waals surface area contributed by atoms with Crippen molar-refractivity contribution in [1.29, 1.82) is 0 Å². The number of Topliss-reactive ketones (excluding diaryl/α,β-unsaturated/α-hetero) is 1. The monoisotopic (exact) mass is 222 g/mol. The topological polar surface area (TPSA) is 63.6 Å². The molecule has 2 aliphatic rings. The highest BCUT2D eigenvalue weighted by molar-refractivity contribution is 6.03. The molecule has 0 aromatic heterocycles. The number of cyclic esters (lactones) is 1. The van der Waals surface area contributed by atoms with Gasteiger partial charge in [0.25, 0.3) is 5.79 Å². The van der Waals surface area contributed by atoms with Crippen LogP contribution in [0.1, 0.15) is 32.6 Å². The van der Waals surface area contributed by atoms with E-state index in [1.807, 2.05) is 13.0 Å². The predicted molar refractivity (Wildman–Crippen MR) is 56.4 cm³/mol. The van der Waals surface area contributed by atoms with Crippen molar-refractivity contribution in [3.05, 3.63) is 23.3 Å². The standard InChI is InChI=1S/C12H14O4/c1-2-5-10(13)12(15)9-7-4-3-6-8(9)11(14)16-12/h3,6,15H,2,4-5,7H2,1H3/t12-/m0/s1. The number of rotatable bonds is 3. The van der Waals surface area contributed by atoms with Crippen LogP contribution in [0.4, 0.5) is 0 Å². The van der Waals surface area contributed by atoms with Crippen LogP contribution in [0.5, 0.6) is 0 Å². The highest BCUT2D eigenvalue weighted by atomic mass is 16.7. The third-order valence-corrected chi connectivity index (χ3v) is 2.90. The average molecular weight is 222 g/mol. The molecule has 86 valence electrons. The second kappa shape index (κ2) is 3.87. The second-order valence-corrected chi connectivity index (χ2v) is 4.04. The highest BCUT2D eigenvalue weighted by Gasteiger charge is 2.50. The van der Waals surface area contributed by atoms with E-state index in [1.54, 1.807) is 6.08 Å². The van der Waals surface area contributed by atoms with Crippen molar-refractivity contribution in [3.8, 4) is 0 Å². The lowest BCUT2D eigenvalue weighted by Crippen LogP contribution is -2.41. The van der Waals surface area contributed by atoms with E-state index >= 15 is 0 Å². The number of aliphatic hydroxyl groups is 1. The van der Waals surface area contributed by atoms with Crippen LogP contribution in [0.15, 0.2) is 23.3 Å². The van der Waals surface area contributed by atoms with Gasteiger partial charge in [0, 0.05) is 12.0 Å². The van der Waals surface area contributed by atoms with Gasteiger partial charge in [-0.15, -0.1) is 0 Å². The lowest BCUT2D eigenvalue weighted by atomic mass is 9.90. The van der Waals surface area contributed by atoms with Crippen molar-refractivity contribution in [2.24, 2.45) is 0 Å². The summed E-state index contributed by atoms with van der Waals surface area (Å²) in [5, 5.41) is 10.2. The molecule has 1 aliphatic carbocycles. The largest absolute Gasteiger partial charge is 0.418 e. The van der Waals surface area contributed by atoms with Crippen LogP contribution in [-0.2, 0) is 14.3 Å². The Morgan fingerprint density at radius 3 is 3.06 bits per heavy atom. The van der Waals surface area contributed by atoms with E-state index in [2.05, 4.69) is 0 Å². The minimum absolute atomic E-state index is 0.213. The maximum Gasteiger partial charge on any atom is 0.341 e. The molecule has 4 heteroatoms. The Hall–Kier alpha value is -1.42. The zero-order chi connectivity index (χ0) is 11.8. The van der Waals surface area contributed by atoms with Crippen molar-refractivity contribution in [3.63, 3.8) is 0 Å². The van der Waals surface area contributed by atoms with Gasteiger partial charge in [-0.1, -0.05) is 19.1 Å². The molecule has 0 unspecified atom stereocenters. The van der Waals surface area contributed by atoms with Gasteiger partial charge in [0.2, 0.25) is 5.78 Å². The number of hydrogen-bond donors (Lipinski definition) is 1. The molecule has 0 bridgehead atoms. The summed E-state index contributed by atoms with van der Waals surface area (Å²) in [6.07, 6.45) is 5.52. The van der Waals surface area contributed by atoms with Crippen LogP contribution in [0.25, 0.3) is 0 Å². The van der Waals surface area contributed by atoms with E-state index in [0.29, 0.717) is 24.0 Å². The van der Waals surface area contributed by atoms with Crippen molar-refractivity contribution < 1.29 is 19.4 Å². The summed E-state index contributed by atoms with van der Waals surface area (Å²) >= 11 is 0. The van der Waals surface area contributed by atoms with Crippen LogP contribution < -0.4 is 0 Å². The van der Waals surface area contributed by atoms with Crippen LogP contribution in [0.3, 0.4) is 0 Å². The van der Waals surface area contributed by atoms with Gasteiger partial charge in [0.05, 0.1) is 5.57 Å². The molecule has 1 heterocycles. The van der Waals surface area contributed by atoms with Gasteiger partial charge in [0.15, 0.2) is 0 Å². The van der Waals surface area contributed by atoms with E-state index in [-0.39, 0.29) is 6.42 Å². The number of allylic oxidation sites excluding steroid dienone is 1. The van der Waals surface area contributed by atoms with Gasteiger partial charge in [-0.2, -0.15) is 0 Å². The van der Waals surface area contributed by atoms with Gasteiger partial charge in [-0.25, -0.2) is 4.79 Å². The zero-order valence-electron chi connectivity index (χ0n) is 9.16. The first kappa shape index (κ1) is 11.1. The number of carbonyl (C=O) groups excluding carboxylic acids is 2. The van der Waals surface area contributed by atoms with Gasteiger partial charge >= 0.3 is 5.97 Å². The molecule has 1 N–H and O–H groups in total. The Balaban J connectivity index is 2.37. The smallest absolute Gasteiger partial charge is 0.341 e. The van der Waals surface area contributed by atoms with Crippen LogP contribution in [-0.4, -0.2) is 22.6 Å². The molecule has 0 aromatic rings. The summed E-state index contributed by atoms with van der Waals surface area (Å²) in [6.45, 7) is 1.84. The van der Waals surface area contributed by atoms with Crippen LogP contribution >= 0.6 is 0 Å². The zero-order valence-corrected chi connectivity index (χ0v) is 9.16. The molecule has 1 atom stereocenters. The predicted octanol–water partition coefficient (Wildman–Crippen LogP) is 1.25. The molecule has 0 amide bonds. The molecule has 0 spiro atoms. The van der Waals surface area contributed by atoms with Gasteiger partial charge < -0.3 is 9.84 Å². The van der Waals surface area contributed by atoms with E-state index < -0.39 is 17.5 Å². The summed E-state index contributed by atoms with van der Waals surface area (Å²) < 4.78 is 4.85. The van der Waals surface area contributed by atoms with Crippen LogP contribution in [0.2, 0.25) is 0 Å². The number of carbonyl (C=O) groups is 2. The van der Waals surface area contributed by atoms with E-state index in [1.165, 1.54) is 0 Å². The van der Waals surface area contributed by atoms with Gasteiger partial charge in [-0.3, -0.25) is 4.79 Å². The quantitative estimate of drug-likeness (QED) is 0.730. The fraction of sp³-hybridized carbons (Fsp3) is 0.500. The summed E-state index contributed by atoms with van der Waals surface area (Å²) in [5.74, 6) is -3.02. The van der Waals surface area contributed by atoms with Crippen molar-refractivity contribution >= 4 is 11.8 Å². The maximum atomic E-state index is 11.8. The highest BCUT2D eigenvalue weighted by Crippen LogP contribution is 2.38. The first-order valence-electron chi connectivity index (χ1n) is 5.48. The molecule has 0 saturated heterocycles. The van der Waals surface area contributed by atoms with Crippen LogP contribution in [0, 0.1) is 0 Å². The fourth-order valence-corrected chi connectivity index (χ4v) is 2.08. The first-order valence-corrected chi connectivity index (χ1v) is 5.48. The third-order valence-electron chi connectivity index (χ3n) is 2.90. The number of ether oxygens (including phenoxy) is 1. The lowest BCUT2D eigenvalue weighted by Gasteiger charge is -2.23. The van der Waals surface area contributed by atoms with Gasteiger partial charge in [0.1, 0.15) is 0 Å². The Morgan fingerprint density at radius 2 is 2.38 bits per heavy atom. The molecule has 16 heavy (non-hydrogen) atoms. The number of esters is 1. The lowest BCUT2D eigenvalue weighted by molar-refractivity contribution is -0.189. The second-order valence-electron chi connectivity index (χ2n) is 4.04. The molecule has 0 aromatic carbocycles. The molecule has 4 nitrogen and oxygen atoms in total. The Kier molecular flexibility index (Phi) is 2.68. The fourth-order valence-electron chi connectivity index (χ4n) is 2.08. The van der Waals surface area contributed by atoms with Crippen molar-refractivity contribution in [1.82, 2.24) is 0 Å².